The van der Waals surface area contributed by atoms with E-state index in [0.717, 1.165) is 28.1 Å². The van der Waals surface area contributed by atoms with Crippen molar-refractivity contribution in [2.24, 2.45) is 0 Å². The van der Waals surface area contributed by atoms with Crippen LogP contribution in [-0.4, -0.2) is 9.91 Å². The number of non-ortho nitro benzene ring substituents is 1. The van der Waals surface area contributed by atoms with Crippen molar-refractivity contribution in [3.63, 3.8) is 0 Å². The van der Waals surface area contributed by atoms with Gasteiger partial charge in [0.2, 0.25) is 0 Å². The van der Waals surface area contributed by atoms with Gasteiger partial charge in [0, 0.05) is 17.4 Å². The average molecular weight is 335 g/mol. The van der Waals surface area contributed by atoms with E-state index in [1.807, 2.05) is 52.8 Å². The maximum Gasteiger partial charge on any atom is 0.281 e. The topological polar surface area (TPSA) is 68.1 Å². The SMILES string of the molecule is Cc1ccc(Nc2cc(C)nc3c(C)c(C)cc([N+](=O)[O-])c23)c(C)c1. The molecule has 5 nitrogen and oxygen atoms in total. The molecule has 1 aromatic heterocycles. The molecule has 0 unspecified atom stereocenters. The Morgan fingerprint density at radius 3 is 2.32 bits per heavy atom. The minimum absolute atomic E-state index is 0.0814. The number of nitro benzene ring substituents is 1. The van der Waals surface area contributed by atoms with Gasteiger partial charge in [-0.15, -0.1) is 0 Å². The summed E-state index contributed by atoms with van der Waals surface area (Å²) in [7, 11) is 0. The van der Waals surface area contributed by atoms with Gasteiger partial charge in [0.15, 0.2) is 0 Å². The van der Waals surface area contributed by atoms with Crippen molar-refractivity contribution in [1.82, 2.24) is 4.98 Å². The number of hydrogen-bond donors (Lipinski definition) is 1. The highest BCUT2D eigenvalue weighted by Crippen LogP contribution is 2.37. The molecule has 1 N–H and O–H groups in total. The molecule has 0 saturated heterocycles. The van der Waals surface area contributed by atoms with Crippen molar-refractivity contribution in [2.75, 3.05) is 5.32 Å². The minimum Gasteiger partial charge on any atom is -0.354 e. The van der Waals surface area contributed by atoms with Gasteiger partial charge in [-0.3, -0.25) is 15.1 Å². The molecular formula is C20H21N3O2. The first-order chi connectivity index (χ1) is 11.8. The summed E-state index contributed by atoms with van der Waals surface area (Å²) in [5.74, 6) is 0. The van der Waals surface area contributed by atoms with Gasteiger partial charge >= 0.3 is 0 Å². The highest BCUT2D eigenvalue weighted by atomic mass is 16.6. The van der Waals surface area contributed by atoms with Gasteiger partial charge in [-0.25, -0.2) is 0 Å². The van der Waals surface area contributed by atoms with Crippen molar-refractivity contribution in [2.45, 2.75) is 34.6 Å². The number of fused-ring (bicyclic) bond motifs is 1. The zero-order chi connectivity index (χ0) is 18.3. The zero-order valence-corrected chi connectivity index (χ0v) is 15.1. The predicted octanol–water partition coefficient (Wildman–Crippen LogP) is 5.43. The van der Waals surface area contributed by atoms with E-state index in [1.165, 1.54) is 5.56 Å². The summed E-state index contributed by atoms with van der Waals surface area (Å²) in [4.78, 5) is 15.9. The Hall–Kier alpha value is -2.95. The highest BCUT2D eigenvalue weighted by molar-refractivity contribution is 6.02. The number of aromatic nitrogens is 1. The summed E-state index contributed by atoms with van der Waals surface area (Å²) in [5, 5.41) is 15.6. The maximum absolute atomic E-state index is 11.6. The summed E-state index contributed by atoms with van der Waals surface area (Å²) in [6.07, 6.45) is 0. The molecular weight excluding hydrogens is 314 g/mol. The molecule has 0 aliphatic carbocycles. The van der Waals surface area contributed by atoms with Crippen molar-refractivity contribution in [1.29, 1.82) is 0 Å². The fraction of sp³-hybridized carbons (Fsp3) is 0.250. The number of hydrogen-bond acceptors (Lipinski definition) is 4. The molecule has 3 rings (SSSR count). The number of pyridine rings is 1. The van der Waals surface area contributed by atoms with Crippen LogP contribution in [-0.2, 0) is 0 Å². The van der Waals surface area contributed by atoms with Gasteiger partial charge < -0.3 is 5.32 Å². The lowest BCUT2D eigenvalue weighted by molar-refractivity contribution is -0.383. The maximum atomic E-state index is 11.6. The molecule has 25 heavy (non-hydrogen) atoms. The Morgan fingerprint density at radius 1 is 0.960 bits per heavy atom. The van der Waals surface area contributed by atoms with Gasteiger partial charge in [0.25, 0.3) is 5.69 Å². The number of aryl methyl sites for hydroxylation is 5. The third-order valence-corrected chi connectivity index (χ3v) is 4.55. The second-order valence-corrected chi connectivity index (χ2v) is 6.57. The quantitative estimate of drug-likeness (QED) is 0.512. The summed E-state index contributed by atoms with van der Waals surface area (Å²) in [5.41, 5.74) is 7.34. The molecule has 0 radical (unpaired) electrons. The van der Waals surface area contributed by atoms with E-state index in [2.05, 4.69) is 16.4 Å². The Morgan fingerprint density at radius 2 is 1.68 bits per heavy atom. The molecule has 1 heterocycles. The van der Waals surface area contributed by atoms with Crippen molar-refractivity contribution in [3.05, 3.63) is 68.4 Å². The minimum atomic E-state index is -0.334. The van der Waals surface area contributed by atoms with Crippen LogP contribution in [0.3, 0.4) is 0 Å². The van der Waals surface area contributed by atoms with Crippen LogP contribution in [0.2, 0.25) is 0 Å². The first kappa shape index (κ1) is 16.9. The van der Waals surface area contributed by atoms with Crippen LogP contribution >= 0.6 is 0 Å². The van der Waals surface area contributed by atoms with Crippen LogP contribution in [0.25, 0.3) is 10.9 Å². The van der Waals surface area contributed by atoms with Crippen LogP contribution in [0.5, 0.6) is 0 Å². The van der Waals surface area contributed by atoms with Crippen LogP contribution < -0.4 is 5.32 Å². The van der Waals surface area contributed by atoms with E-state index in [-0.39, 0.29) is 10.6 Å². The fourth-order valence-electron chi connectivity index (χ4n) is 3.12. The summed E-state index contributed by atoms with van der Waals surface area (Å²) < 4.78 is 0. The number of nitro groups is 1. The molecule has 3 aromatic rings. The van der Waals surface area contributed by atoms with Gasteiger partial charge in [-0.1, -0.05) is 17.7 Å². The lowest BCUT2D eigenvalue weighted by Crippen LogP contribution is -2.02. The number of nitrogens with one attached hydrogen (secondary N) is 1. The molecule has 2 aromatic carbocycles. The smallest absolute Gasteiger partial charge is 0.281 e. The molecule has 0 aliphatic rings. The second-order valence-electron chi connectivity index (χ2n) is 6.57. The summed E-state index contributed by atoms with van der Waals surface area (Å²) >= 11 is 0. The Balaban J connectivity index is 2.30. The first-order valence-corrected chi connectivity index (χ1v) is 8.18. The standard InChI is InChI=1S/C20H21N3O2/c1-11-6-7-16(13(3)8-11)22-17-10-14(4)21-20-15(5)12(2)9-18(19(17)20)23(24)25/h6-10H,1-5H3,(H,21,22). The summed E-state index contributed by atoms with van der Waals surface area (Å²) in [6, 6.07) is 9.60. The van der Waals surface area contributed by atoms with E-state index >= 15 is 0 Å². The monoisotopic (exact) mass is 335 g/mol. The predicted molar refractivity (Wildman–Crippen MR) is 102 cm³/mol. The van der Waals surface area contributed by atoms with Gasteiger partial charge in [-0.05, 0) is 63.4 Å². The number of rotatable bonds is 3. The second kappa shape index (κ2) is 6.16. The number of benzene rings is 2. The summed E-state index contributed by atoms with van der Waals surface area (Å²) in [6.45, 7) is 9.80. The largest absolute Gasteiger partial charge is 0.354 e. The molecule has 0 atom stereocenters. The molecule has 0 bridgehead atoms. The Bertz CT molecular complexity index is 1010. The van der Waals surface area contributed by atoms with E-state index in [1.54, 1.807) is 6.07 Å². The third-order valence-electron chi connectivity index (χ3n) is 4.55. The van der Waals surface area contributed by atoms with E-state index in [4.69, 9.17) is 0 Å². The highest BCUT2D eigenvalue weighted by Gasteiger charge is 2.21. The molecule has 5 heteroatoms. The Kier molecular flexibility index (Phi) is 4.17. The molecule has 0 aliphatic heterocycles. The van der Waals surface area contributed by atoms with Crippen molar-refractivity contribution < 1.29 is 4.92 Å². The van der Waals surface area contributed by atoms with E-state index in [9.17, 15) is 10.1 Å². The first-order valence-electron chi connectivity index (χ1n) is 8.18. The Labute approximate surface area is 146 Å². The average Bonchev–Trinajstić information content (AvgIpc) is 2.53. The van der Waals surface area contributed by atoms with Gasteiger partial charge in [0.05, 0.1) is 16.1 Å². The number of nitrogens with zero attached hydrogens (tertiary/aromatic N) is 2. The normalized spacial score (nSPS) is 10.9. The van der Waals surface area contributed by atoms with Crippen LogP contribution in [0, 0.1) is 44.7 Å². The zero-order valence-electron chi connectivity index (χ0n) is 15.1. The van der Waals surface area contributed by atoms with Gasteiger partial charge in [-0.2, -0.15) is 0 Å². The van der Waals surface area contributed by atoms with Crippen LogP contribution in [0.4, 0.5) is 17.1 Å². The molecule has 0 fully saturated rings. The fourth-order valence-corrected chi connectivity index (χ4v) is 3.12. The lowest BCUT2D eigenvalue weighted by Gasteiger charge is -2.15. The van der Waals surface area contributed by atoms with E-state index < -0.39 is 0 Å². The van der Waals surface area contributed by atoms with Crippen molar-refractivity contribution >= 4 is 28.0 Å². The van der Waals surface area contributed by atoms with Crippen LogP contribution in [0.15, 0.2) is 30.3 Å². The molecule has 0 spiro atoms. The molecule has 0 saturated carbocycles. The van der Waals surface area contributed by atoms with Crippen molar-refractivity contribution in [3.8, 4) is 0 Å². The molecule has 128 valence electrons. The van der Waals surface area contributed by atoms with Crippen LogP contribution in [0.1, 0.15) is 27.9 Å². The molecule has 0 amide bonds. The lowest BCUT2D eigenvalue weighted by atomic mass is 10.0. The number of anilines is 2. The third kappa shape index (κ3) is 3.05. The van der Waals surface area contributed by atoms with Gasteiger partial charge in [0.1, 0.15) is 5.39 Å². The van der Waals surface area contributed by atoms with E-state index in [0.29, 0.717) is 16.6 Å².